The molecule has 6 nitrogen and oxygen atoms in total. The number of carbonyl (C=O) groups excluding carboxylic acids is 2. The fourth-order valence-electron chi connectivity index (χ4n) is 3.02. The van der Waals surface area contributed by atoms with Crippen LogP contribution >= 0.6 is 0 Å². The van der Waals surface area contributed by atoms with Gasteiger partial charge in [-0.25, -0.2) is 13.7 Å². The highest BCUT2D eigenvalue weighted by atomic mass is 19.1. The molecule has 2 heterocycles. The van der Waals surface area contributed by atoms with E-state index in [1.54, 1.807) is 12.1 Å². The summed E-state index contributed by atoms with van der Waals surface area (Å²) in [5, 5.41) is 9.17. The molecule has 2 aromatic carbocycles. The number of halogens is 2. The molecule has 1 saturated heterocycles. The third-order valence-corrected chi connectivity index (χ3v) is 4.18. The number of fused-ring (bicyclic) bond motifs is 1. The smallest absolute Gasteiger partial charge is 0.263 e. The van der Waals surface area contributed by atoms with E-state index in [-0.39, 0.29) is 12.2 Å². The number of hydrogen-bond donors (Lipinski definition) is 0. The van der Waals surface area contributed by atoms with Crippen LogP contribution in [0.15, 0.2) is 58.9 Å². The number of rotatable bonds is 3. The largest absolute Gasteiger partial charge is 0.271 e. The van der Waals surface area contributed by atoms with E-state index in [1.165, 1.54) is 41.4 Å². The number of anilines is 1. The number of benzene rings is 2. The molecule has 2 aliphatic heterocycles. The maximum absolute atomic E-state index is 13.3. The van der Waals surface area contributed by atoms with Crippen LogP contribution in [0.5, 0.6) is 0 Å². The molecule has 0 N–H and O–H groups in total. The molecule has 0 radical (unpaired) electrons. The first kappa shape index (κ1) is 15.4. The molecule has 0 aromatic heterocycles. The number of nitrogens with zero attached hydrogens (tertiary/aromatic N) is 4. The van der Waals surface area contributed by atoms with E-state index >= 15 is 0 Å². The summed E-state index contributed by atoms with van der Waals surface area (Å²) in [7, 11) is 0. The average Bonchev–Trinajstić information content (AvgIpc) is 3.10. The van der Waals surface area contributed by atoms with Gasteiger partial charge in [-0.3, -0.25) is 14.6 Å². The normalized spacial score (nSPS) is 22.0. The van der Waals surface area contributed by atoms with Gasteiger partial charge < -0.3 is 0 Å². The molecule has 0 spiro atoms. The van der Waals surface area contributed by atoms with Gasteiger partial charge in [0.15, 0.2) is 12.1 Å². The van der Waals surface area contributed by atoms with Gasteiger partial charge in [0.1, 0.15) is 11.6 Å². The van der Waals surface area contributed by atoms with E-state index in [9.17, 15) is 18.4 Å². The summed E-state index contributed by atoms with van der Waals surface area (Å²) in [5.41, 5.74) is 0.895. The summed E-state index contributed by atoms with van der Waals surface area (Å²) < 4.78 is 26.4. The lowest BCUT2D eigenvalue weighted by Gasteiger charge is -2.20. The Morgan fingerprint density at radius 2 is 1.72 bits per heavy atom. The molecule has 0 bridgehead atoms. The molecule has 4 rings (SSSR count). The summed E-state index contributed by atoms with van der Waals surface area (Å²) in [6.07, 6.45) is 0. The van der Waals surface area contributed by atoms with Crippen LogP contribution in [0.2, 0.25) is 0 Å². The van der Waals surface area contributed by atoms with Crippen LogP contribution in [0, 0.1) is 11.6 Å². The van der Waals surface area contributed by atoms with Gasteiger partial charge in [-0.1, -0.05) is 17.4 Å². The van der Waals surface area contributed by atoms with Gasteiger partial charge in [-0.05, 0) is 42.0 Å². The first-order chi connectivity index (χ1) is 12.0. The second-order valence-electron chi connectivity index (χ2n) is 5.81. The van der Waals surface area contributed by atoms with Crippen molar-refractivity contribution in [2.24, 2.45) is 10.3 Å². The quantitative estimate of drug-likeness (QED) is 0.805. The fraction of sp³-hybridized carbons (Fsp3) is 0.176. The molecule has 0 unspecified atom stereocenters. The molecule has 2 aromatic rings. The maximum Gasteiger partial charge on any atom is 0.263 e. The minimum absolute atomic E-state index is 0.151. The van der Waals surface area contributed by atoms with Gasteiger partial charge in [-0.2, -0.15) is 5.11 Å². The molecule has 1 fully saturated rings. The highest BCUT2D eigenvalue weighted by Gasteiger charge is 2.54. The fourth-order valence-corrected chi connectivity index (χ4v) is 3.02. The Labute approximate surface area is 141 Å². The van der Waals surface area contributed by atoms with Crippen molar-refractivity contribution in [2.45, 2.75) is 18.6 Å². The van der Waals surface area contributed by atoms with Gasteiger partial charge in [-0.15, -0.1) is 0 Å². The van der Waals surface area contributed by atoms with Gasteiger partial charge in [0.2, 0.25) is 0 Å². The summed E-state index contributed by atoms with van der Waals surface area (Å²) in [5.74, 6) is -1.85. The van der Waals surface area contributed by atoms with Crippen molar-refractivity contribution in [1.82, 2.24) is 5.01 Å². The van der Waals surface area contributed by atoms with Crippen molar-refractivity contribution in [1.29, 1.82) is 0 Å². The Kier molecular flexibility index (Phi) is 3.52. The van der Waals surface area contributed by atoms with Crippen LogP contribution in [0.3, 0.4) is 0 Å². The van der Waals surface area contributed by atoms with Gasteiger partial charge >= 0.3 is 0 Å². The zero-order valence-corrected chi connectivity index (χ0v) is 12.8. The lowest BCUT2D eigenvalue weighted by molar-refractivity contribution is -0.123. The molecule has 2 amide bonds. The molecule has 126 valence electrons. The third-order valence-electron chi connectivity index (χ3n) is 4.18. The van der Waals surface area contributed by atoms with Gasteiger partial charge in [0, 0.05) is 0 Å². The molecule has 0 saturated carbocycles. The number of carbonyl (C=O) groups is 2. The van der Waals surface area contributed by atoms with Crippen molar-refractivity contribution < 1.29 is 18.4 Å². The molecule has 0 aliphatic carbocycles. The second-order valence-corrected chi connectivity index (χ2v) is 5.81. The van der Waals surface area contributed by atoms with Crippen LogP contribution in [-0.4, -0.2) is 28.9 Å². The highest BCUT2D eigenvalue weighted by molar-refractivity contribution is 6.25. The van der Waals surface area contributed by atoms with Gasteiger partial charge in [0.25, 0.3) is 11.8 Å². The molecule has 25 heavy (non-hydrogen) atoms. The third kappa shape index (κ3) is 2.55. The van der Waals surface area contributed by atoms with E-state index in [4.69, 9.17) is 0 Å². The summed E-state index contributed by atoms with van der Waals surface area (Å²) >= 11 is 0. The molecular weight excluding hydrogens is 330 g/mol. The predicted octanol–water partition coefficient (Wildman–Crippen LogP) is 2.46. The summed E-state index contributed by atoms with van der Waals surface area (Å²) in [6, 6.07) is 9.17. The van der Waals surface area contributed by atoms with E-state index in [0.29, 0.717) is 5.56 Å². The topological polar surface area (TPSA) is 65.3 Å². The van der Waals surface area contributed by atoms with Crippen molar-refractivity contribution in [3.63, 3.8) is 0 Å². The van der Waals surface area contributed by atoms with E-state index in [1.807, 2.05) is 0 Å². The Morgan fingerprint density at radius 1 is 0.960 bits per heavy atom. The van der Waals surface area contributed by atoms with E-state index < -0.39 is 35.5 Å². The van der Waals surface area contributed by atoms with Crippen molar-refractivity contribution >= 4 is 17.5 Å². The summed E-state index contributed by atoms with van der Waals surface area (Å²) in [4.78, 5) is 26.2. The number of amides is 2. The minimum Gasteiger partial charge on any atom is -0.271 e. The monoisotopic (exact) mass is 342 g/mol. The maximum atomic E-state index is 13.3. The van der Waals surface area contributed by atoms with Gasteiger partial charge in [0.05, 0.1) is 12.2 Å². The Balaban J connectivity index is 1.60. The Morgan fingerprint density at radius 3 is 2.44 bits per heavy atom. The number of hydrogen-bond acceptors (Lipinski definition) is 5. The van der Waals surface area contributed by atoms with Crippen molar-refractivity contribution in [3.8, 4) is 0 Å². The van der Waals surface area contributed by atoms with Crippen molar-refractivity contribution in [2.75, 3.05) is 4.90 Å². The Bertz CT molecular complexity index is 884. The predicted molar refractivity (Wildman–Crippen MR) is 83.3 cm³/mol. The molecule has 2 atom stereocenters. The lowest BCUT2D eigenvalue weighted by Crippen LogP contribution is -2.39. The summed E-state index contributed by atoms with van der Waals surface area (Å²) in [6.45, 7) is 0.151. The van der Waals surface area contributed by atoms with Crippen LogP contribution in [0.25, 0.3) is 0 Å². The zero-order chi connectivity index (χ0) is 17.6. The van der Waals surface area contributed by atoms with Crippen LogP contribution < -0.4 is 4.90 Å². The van der Waals surface area contributed by atoms with Crippen LogP contribution in [0.1, 0.15) is 5.56 Å². The lowest BCUT2D eigenvalue weighted by atomic mass is 10.1. The zero-order valence-electron chi connectivity index (χ0n) is 12.8. The van der Waals surface area contributed by atoms with Crippen molar-refractivity contribution in [3.05, 3.63) is 65.7 Å². The number of imide groups is 1. The van der Waals surface area contributed by atoms with E-state index in [0.717, 1.165) is 4.90 Å². The molecule has 8 heteroatoms. The SMILES string of the molecule is O=C1[C@@H]2N=NN(Cc3cccc(F)c3)[C@H]2C(=O)N1c1ccc(F)cc1. The standard InChI is InChI=1S/C17H12F2N4O2/c18-11-4-6-13(7-5-11)23-16(24)14-15(17(23)25)22(21-20-14)9-10-2-1-3-12(19)8-10/h1-8,14-15H,9H2/t14-,15-/m1/s1. The first-order valence-corrected chi connectivity index (χ1v) is 7.60. The first-order valence-electron chi connectivity index (χ1n) is 7.60. The minimum atomic E-state index is -0.939. The van der Waals surface area contributed by atoms with Crippen LogP contribution in [0.4, 0.5) is 14.5 Å². The average molecular weight is 342 g/mol. The van der Waals surface area contributed by atoms with Crippen LogP contribution in [-0.2, 0) is 16.1 Å². The molecular formula is C17H12F2N4O2. The Hall–Kier alpha value is -3.16. The van der Waals surface area contributed by atoms with E-state index in [2.05, 4.69) is 10.3 Å². The second kappa shape index (κ2) is 5.73. The molecule has 2 aliphatic rings. The highest BCUT2D eigenvalue weighted by Crippen LogP contribution is 2.32.